The van der Waals surface area contributed by atoms with E-state index in [1.54, 1.807) is 0 Å². The molecule has 0 fully saturated rings. The van der Waals surface area contributed by atoms with Gasteiger partial charge in [-0.25, -0.2) is 0 Å². The first kappa shape index (κ1) is 16.1. The van der Waals surface area contributed by atoms with Crippen LogP contribution >= 0.6 is 15.9 Å². The number of halogens is 1. The van der Waals surface area contributed by atoms with Crippen molar-refractivity contribution in [1.82, 2.24) is 0 Å². The van der Waals surface area contributed by atoms with Crippen LogP contribution in [0.25, 0.3) is 0 Å². The Morgan fingerprint density at radius 2 is 2.00 bits per heavy atom. The topological polar surface area (TPSA) is 43.4 Å². The van der Waals surface area contributed by atoms with Gasteiger partial charge in [0.2, 0.25) is 0 Å². The van der Waals surface area contributed by atoms with E-state index < -0.39 is 5.97 Å². The first-order chi connectivity index (χ1) is 8.10. The van der Waals surface area contributed by atoms with Crippen molar-refractivity contribution in [3.8, 4) is 0 Å². The van der Waals surface area contributed by atoms with Gasteiger partial charge < -0.3 is 4.74 Å². The molecule has 0 spiro atoms. The maximum Gasteiger partial charge on any atom is 0.313 e. The second-order valence-electron chi connectivity index (χ2n) is 3.57. The predicted octanol–water partition coefficient (Wildman–Crippen LogP) is 3.53. The Bertz CT molecular complexity index is 306. The van der Waals surface area contributed by atoms with Crippen LogP contribution in [0.3, 0.4) is 0 Å². The summed E-state index contributed by atoms with van der Waals surface area (Å²) in [4.78, 5) is 22.1. The van der Waals surface area contributed by atoms with Crippen molar-refractivity contribution in [1.29, 1.82) is 0 Å². The van der Waals surface area contributed by atoms with Crippen LogP contribution in [0, 0.1) is 0 Å². The summed E-state index contributed by atoms with van der Waals surface area (Å²) in [7, 11) is 1.28. The van der Waals surface area contributed by atoms with Gasteiger partial charge in [0.25, 0.3) is 0 Å². The summed E-state index contributed by atoms with van der Waals surface area (Å²) < 4.78 is 5.48. The number of rotatable bonds is 8. The van der Waals surface area contributed by atoms with Crippen molar-refractivity contribution in [2.24, 2.45) is 0 Å². The van der Waals surface area contributed by atoms with Gasteiger partial charge in [-0.2, -0.15) is 0 Å². The Kier molecular flexibility index (Phi) is 9.72. The SMILES string of the molecule is CC/C=C\C/C(Br)=C/CCC(=O)CC(=O)OC. The average molecular weight is 303 g/mol. The number of esters is 1. The first-order valence-corrected chi connectivity index (χ1v) is 6.47. The minimum absolute atomic E-state index is 0.0856. The van der Waals surface area contributed by atoms with E-state index in [-0.39, 0.29) is 12.2 Å². The summed E-state index contributed by atoms with van der Waals surface area (Å²) in [5.74, 6) is -0.554. The lowest BCUT2D eigenvalue weighted by Crippen LogP contribution is -2.08. The Morgan fingerprint density at radius 3 is 2.59 bits per heavy atom. The van der Waals surface area contributed by atoms with Gasteiger partial charge >= 0.3 is 5.97 Å². The van der Waals surface area contributed by atoms with E-state index >= 15 is 0 Å². The zero-order chi connectivity index (χ0) is 13.1. The summed E-state index contributed by atoms with van der Waals surface area (Å²) in [6.07, 6.45) is 8.91. The van der Waals surface area contributed by atoms with E-state index in [2.05, 4.69) is 39.7 Å². The Labute approximate surface area is 111 Å². The standard InChI is InChI=1S/C13H19BrO3/c1-3-4-5-7-11(14)8-6-9-12(15)10-13(16)17-2/h4-5,8H,3,6-7,9-10H2,1-2H3/b5-4-,11-8-. The third-order valence-corrected chi connectivity index (χ3v) is 2.72. The van der Waals surface area contributed by atoms with E-state index in [0.29, 0.717) is 12.8 Å². The fourth-order valence-electron chi connectivity index (χ4n) is 1.16. The first-order valence-electron chi connectivity index (χ1n) is 5.68. The molecular formula is C13H19BrO3. The zero-order valence-electron chi connectivity index (χ0n) is 10.4. The van der Waals surface area contributed by atoms with E-state index in [1.807, 2.05) is 6.08 Å². The van der Waals surface area contributed by atoms with Crippen molar-refractivity contribution in [3.63, 3.8) is 0 Å². The van der Waals surface area contributed by atoms with E-state index in [9.17, 15) is 9.59 Å². The van der Waals surface area contributed by atoms with E-state index in [4.69, 9.17) is 0 Å². The lowest BCUT2D eigenvalue weighted by Gasteiger charge is -1.98. The monoisotopic (exact) mass is 302 g/mol. The third-order valence-electron chi connectivity index (χ3n) is 2.07. The highest BCUT2D eigenvalue weighted by Crippen LogP contribution is 2.13. The highest BCUT2D eigenvalue weighted by Gasteiger charge is 2.08. The van der Waals surface area contributed by atoms with Gasteiger partial charge in [0, 0.05) is 6.42 Å². The van der Waals surface area contributed by atoms with Crippen molar-refractivity contribution < 1.29 is 14.3 Å². The number of ketones is 1. The second-order valence-corrected chi connectivity index (χ2v) is 4.58. The number of carbonyl (C=O) groups excluding carboxylic acids is 2. The molecule has 0 aromatic heterocycles. The summed E-state index contributed by atoms with van der Waals surface area (Å²) in [6, 6.07) is 0. The quantitative estimate of drug-likeness (QED) is 0.391. The smallest absolute Gasteiger partial charge is 0.313 e. The molecule has 0 aliphatic carbocycles. The lowest BCUT2D eigenvalue weighted by atomic mass is 10.1. The van der Waals surface area contributed by atoms with Gasteiger partial charge in [0.1, 0.15) is 12.2 Å². The number of hydrogen-bond donors (Lipinski definition) is 0. The molecule has 0 saturated heterocycles. The molecule has 0 aromatic rings. The van der Waals surface area contributed by atoms with Gasteiger partial charge in [-0.05, 0) is 23.7 Å². The fraction of sp³-hybridized carbons (Fsp3) is 0.538. The molecule has 0 heterocycles. The van der Waals surface area contributed by atoms with Crippen molar-refractivity contribution in [2.75, 3.05) is 7.11 Å². The summed E-state index contributed by atoms with van der Waals surface area (Å²) in [5, 5.41) is 0. The summed E-state index contributed by atoms with van der Waals surface area (Å²) in [5.41, 5.74) is 0. The lowest BCUT2D eigenvalue weighted by molar-refractivity contribution is -0.143. The molecule has 0 aromatic carbocycles. The molecule has 0 saturated carbocycles. The summed E-state index contributed by atoms with van der Waals surface area (Å²) in [6.45, 7) is 2.08. The minimum atomic E-state index is -0.469. The average Bonchev–Trinajstić information content (AvgIpc) is 2.29. The molecule has 0 rings (SSSR count). The maximum absolute atomic E-state index is 11.3. The number of ether oxygens (including phenoxy) is 1. The molecule has 0 aliphatic heterocycles. The van der Waals surface area contributed by atoms with Crippen LogP contribution in [0.1, 0.15) is 39.0 Å². The highest BCUT2D eigenvalue weighted by molar-refractivity contribution is 9.11. The fourth-order valence-corrected chi connectivity index (χ4v) is 1.57. The molecule has 4 heteroatoms. The van der Waals surface area contributed by atoms with Gasteiger partial charge in [0.05, 0.1) is 7.11 Å². The van der Waals surface area contributed by atoms with Crippen LogP contribution in [-0.4, -0.2) is 18.9 Å². The molecule has 3 nitrogen and oxygen atoms in total. The minimum Gasteiger partial charge on any atom is -0.469 e. The largest absolute Gasteiger partial charge is 0.469 e. The van der Waals surface area contributed by atoms with Crippen LogP contribution in [0.15, 0.2) is 22.7 Å². The van der Waals surface area contributed by atoms with Gasteiger partial charge in [-0.3, -0.25) is 9.59 Å². The molecule has 0 N–H and O–H groups in total. The third kappa shape index (κ3) is 10.00. The van der Waals surface area contributed by atoms with Crippen LogP contribution in [0.5, 0.6) is 0 Å². The Hall–Kier alpha value is -0.900. The van der Waals surface area contributed by atoms with Gasteiger partial charge in [0.15, 0.2) is 0 Å². The molecule has 0 bridgehead atoms. The molecule has 0 amide bonds. The Morgan fingerprint density at radius 1 is 1.29 bits per heavy atom. The predicted molar refractivity (Wildman–Crippen MR) is 71.9 cm³/mol. The molecule has 0 radical (unpaired) electrons. The van der Waals surface area contributed by atoms with Crippen molar-refractivity contribution >= 4 is 27.7 Å². The number of Topliss-reactive ketones (excluding diaryl/α,β-unsaturated/α-hetero) is 1. The Balaban J connectivity index is 3.80. The molecule has 0 atom stereocenters. The summed E-state index contributed by atoms with van der Waals surface area (Å²) >= 11 is 3.43. The normalized spacial score (nSPS) is 11.8. The highest BCUT2D eigenvalue weighted by atomic mass is 79.9. The second kappa shape index (κ2) is 10.3. The number of hydrogen-bond acceptors (Lipinski definition) is 3. The van der Waals surface area contributed by atoms with Crippen LogP contribution in [-0.2, 0) is 14.3 Å². The van der Waals surface area contributed by atoms with Crippen LogP contribution in [0.4, 0.5) is 0 Å². The molecule has 0 aliphatic rings. The van der Waals surface area contributed by atoms with Crippen molar-refractivity contribution in [3.05, 3.63) is 22.7 Å². The maximum atomic E-state index is 11.3. The number of methoxy groups -OCH3 is 1. The zero-order valence-corrected chi connectivity index (χ0v) is 12.0. The molecular weight excluding hydrogens is 284 g/mol. The number of allylic oxidation sites excluding steroid dienone is 4. The number of carbonyl (C=O) groups is 2. The van der Waals surface area contributed by atoms with Crippen molar-refractivity contribution in [2.45, 2.75) is 39.0 Å². The molecule has 0 unspecified atom stereocenters. The van der Waals surface area contributed by atoms with Gasteiger partial charge in [-0.15, -0.1) is 0 Å². The molecule has 17 heavy (non-hydrogen) atoms. The van der Waals surface area contributed by atoms with E-state index in [0.717, 1.165) is 17.3 Å². The van der Waals surface area contributed by atoms with Crippen LogP contribution < -0.4 is 0 Å². The van der Waals surface area contributed by atoms with Gasteiger partial charge in [-0.1, -0.05) is 41.1 Å². The van der Waals surface area contributed by atoms with Crippen LogP contribution in [0.2, 0.25) is 0 Å². The van der Waals surface area contributed by atoms with E-state index in [1.165, 1.54) is 7.11 Å². The molecule has 96 valence electrons.